The molecule has 0 bridgehead atoms. The van der Waals surface area contributed by atoms with Crippen LogP contribution in [0.2, 0.25) is 0 Å². The predicted molar refractivity (Wildman–Crippen MR) is 73.4 cm³/mol. The quantitative estimate of drug-likeness (QED) is 0.552. The van der Waals surface area contributed by atoms with E-state index in [0.29, 0.717) is 18.8 Å². The van der Waals surface area contributed by atoms with Gasteiger partial charge < -0.3 is 14.2 Å². The molecule has 0 unspecified atom stereocenters. The smallest absolute Gasteiger partial charge is 0.339 e. The molecule has 0 aliphatic carbocycles. The predicted octanol–water partition coefficient (Wildman–Crippen LogP) is 0.524. The normalized spacial score (nSPS) is 11.6. The van der Waals surface area contributed by atoms with Gasteiger partial charge in [-0.1, -0.05) is 0 Å². The maximum Gasteiger partial charge on any atom is 0.339 e. The van der Waals surface area contributed by atoms with Gasteiger partial charge in [-0.05, 0) is 12.5 Å². The van der Waals surface area contributed by atoms with E-state index in [1.54, 1.807) is 7.11 Å². The minimum atomic E-state index is -3.81. The van der Waals surface area contributed by atoms with Gasteiger partial charge in [-0.3, -0.25) is 0 Å². The third-order valence-electron chi connectivity index (χ3n) is 2.36. The summed E-state index contributed by atoms with van der Waals surface area (Å²) in [7, 11) is -2.25. The van der Waals surface area contributed by atoms with Crippen LogP contribution < -0.4 is 5.14 Å². The lowest BCUT2D eigenvalue weighted by molar-refractivity contribution is 0.0213. The van der Waals surface area contributed by atoms with Gasteiger partial charge in [0.1, 0.15) is 10.8 Å². The molecule has 0 saturated carbocycles. The molecule has 0 aliphatic heterocycles. The summed E-state index contributed by atoms with van der Waals surface area (Å²) < 4.78 is 37.4. The fourth-order valence-electron chi connectivity index (χ4n) is 1.40. The van der Waals surface area contributed by atoms with Gasteiger partial charge in [-0.15, -0.1) is 11.3 Å². The summed E-state index contributed by atoms with van der Waals surface area (Å²) in [5, 5.41) is 6.46. The fraction of sp³-hybridized carbons (Fsp3) is 0.545. The van der Waals surface area contributed by atoms with Crippen molar-refractivity contribution in [3.05, 3.63) is 16.5 Å². The second-order valence-electron chi connectivity index (χ2n) is 3.85. The Morgan fingerprint density at radius 1 is 1.30 bits per heavy atom. The molecule has 0 spiro atoms. The number of primary sulfonamides is 1. The van der Waals surface area contributed by atoms with Crippen LogP contribution in [0.5, 0.6) is 0 Å². The zero-order valence-electron chi connectivity index (χ0n) is 11.2. The molecular formula is C11H17NO6S2. The van der Waals surface area contributed by atoms with E-state index in [4.69, 9.17) is 19.3 Å². The summed E-state index contributed by atoms with van der Waals surface area (Å²) in [5.74, 6) is -0.594. The molecular weight excluding hydrogens is 306 g/mol. The van der Waals surface area contributed by atoms with Crippen molar-refractivity contribution in [3.8, 4) is 0 Å². The zero-order valence-corrected chi connectivity index (χ0v) is 12.9. The van der Waals surface area contributed by atoms with Gasteiger partial charge in [0.2, 0.25) is 10.0 Å². The number of methoxy groups -OCH3 is 1. The lowest BCUT2D eigenvalue weighted by Gasteiger charge is -2.05. The van der Waals surface area contributed by atoms with Gasteiger partial charge in [-0.2, -0.15) is 0 Å². The Hall–Kier alpha value is -1.00. The lowest BCUT2D eigenvalue weighted by Crippen LogP contribution is -2.14. The van der Waals surface area contributed by atoms with Gasteiger partial charge >= 0.3 is 5.97 Å². The molecule has 0 radical (unpaired) electrons. The van der Waals surface area contributed by atoms with E-state index >= 15 is 0 Å². The molecule has 1 aromatic heterocycles. The van der Waals surface area contributed by atoms with E-state index in [0.717, 1.165) is 11.3 Å². The van der Waals surface area contributed by atoms with E-state index in [1.807, 2.05) is 0 Å². The van der Waals surface area contributed by atoms with Gasteiger partial charge in [0.15, 0.2) is 0 Å². The van der Waals surface area contributed by atoms with Crippen LogP contribution in [0.3, 0.4) is 0 Å². The number of esters is 1. The molecule has 9 heteroatoms. The molecule has 20 heavy (non-hydrogen) atoms. The Balaban J connectivity index is 2.51. The summed E-state index contributed by atoms with van der Waals surface area (Å²) in [6.07, 6.45) is 0. The largest absolute Gasteiger partial charge is 0.460 e. The molecule has 1 aromatic rings. The Morgan fingerprint density at radius 2 is 1.95 bits per heavy atom. The first kappa shape index (κ1) is 17.1. The molecule has 0 saturated heterocycles. The van der Waals surface area contributed by atoms with Crippen molar-refractivity contribution >= 4 is 27.3 Å². The molecule has 114 valence electrons. The third-order valence-corrected chi connectivity index (χ3v) is 5.05. The van der Waals surface area contributed by atoms with Crippen molar-refractivity contribution in [2.45, 2.75) is 11.1 Å². The standard InChI is InChI=1S/C11H17NO6S2/c1-8-9(7-19-11(8)20(12,14)15)10(13)18-6-5-17-4-3-16-2/h7H,3-6H2,1-2H3,(H2,12,14,15). The number of thiophene rings is 1. The highest BCUT2D eigenvalue weighted by atomic mass is 32.2. The molecule has 0 aliphatic rings. The maximum absolute atomic E-state index is 11.8. The van der Waals surface area contributed by atoms with Gasteiger partial charge in [0, 0.05) is 12.5 Å². The number of carbonyl (C=O) groups excluding carboxylic acids is 1. The van der Waals surface area contributed by atoms with Crippen LogP contribution in [0, 0.1) is 6.92 Å². The summed E-state index contributed by atoms with van der Waals surface area (Å²) in [5.41, 5.74) is 0.513. The maximum atomic E-state index is 11.8. The van der Waals surface area contributed by atoms with E-state index in [2.05, 4.69) is 0 Å². The molecule has 0 aromatic carbocycles. The number of hydrogen-bond acceptors (Lipinski definition) is 7. The molecule has 0 atom stereocenters. The van der Waals surface area contributed by atoms with Gasteiger partial charge in [0.25, 0.3) is 0 Å². The summed E-state index contributed by atoms with van der Waals surface area (Å²) in [4.78, 5) is 11.8. The first-order chi connectivity index (χ1) is 9.38. The van der Waals surface area contributed by atoms with Crippen molar-refractivity contribution in [2.75, 3.05) is 33.5 Å². The highest BCUT2D eigenvalue weighted by molar-refractivity contribution is 7.91. The van der Waals surface area contributed by atoms with Crippen molar-refractivity contribution in [1.82, 2.24) is 0 Å². The van der Waals surface area contributed by atoms with Crippen molar-refractivity contribution in [2.24, 2.45) is 5.14 Å². The molecule has 2 N–H and O–H groups in total. The number of sulfonamides is 1. The molecule has 7 nitrogen and oxygen atoms in total. The van der Waals surface area contributed by atoms with Crippen LogP contribution in [-0.2, 0) is 24.2 Å². The van der Waals surface area contributed by atoms with E-state index in [9.17, 15) is 13.2 Å². The first-order valence-electron chi connectivity index (χ1n) is 5.72. The van der Waals surface area contributed by atoms with E-state index < -0.39 is 16.0 Å². The summed E-state index contributed by atoms with van der Waals surface area (Å²) >= 11 is 0.900. The second kappa shape index (κ2) is 7.70. The number of ether oxygens (including phenoxy) is 3. The minimum Gasteiger partial charge on any atom is -0.460 e. The average Bonchev–Trinajstić information content (AvgIpc) is 2.75. The number of carbonyl (C=O) groups is 1. The molecule has 1 rings (SSSR count). The number of nitrogens with two attached hydrogens (primary N) is 1. The highest BCUT2D eigenvalue weighted by Gasteiger charge is 2.21. The SMILES string of the molecule is COCCOCCOC(=O)c1csc(S(N)(=O)=O)c1C. The Bertz CT molecular complexity index is 551. The zero-order chi connectivity index (χ0) is 15.2. The summed E-state index contributed by atoms with van der Waals surface area (Å²) in [6, 6.07) is 0. The average molecular weight is 323 g/mol. The van der Waals surface area contributed by atoms with Crippen molar-refractivity contribution < 1.29 is 27.4 Å². The summed E-state index contributed by atoms with van der Waals surface area (Å²) in [6.45, 7) is 2.74. The molecule has 0 amide bonds. The van der Waals surface area contributed by atoms with Crippen LogP contribution >= 0.6 is 11.3 Å². The van der Waals surface area contributed by atoms with E-state index in [-0.39, 0.29) is 23.0 Å². The minimum absolute atomic E-state index is 0.0270. The fourth-order valence-corrected chi connectivity index (χ4v) is 3.40. The van der Waals surface area contributed by atoms with Crippen LogP contribution in [0.4, 0.5) is 0 Å². The van der Waals surface area contributed by atoms with Crippen LogP contribution in [0.15, 0.2) is 9.59 Å². The molecule has 0 fully saturated rings. The number of rotatable bonds is 8. The molecule has 1 heterocycles. The van der Waals surface area contributed by atoms with Gasteiger partial charge in [-0.25, -0.2) is 18.4 Å². The topological polar surface area (TPSA) is 105 Å². The Morgan fingerprint density at radius 3 is 2.50 bits per heavy atom. The Kier molecular flexibility index (Phi) is 6.56. The lowest BCUT2D eigenvalue weighted by atomic mass is 10.2. The van der Waals surface area contributed by atoms with Crippen LogP contribution in [-0.4, -0.2) is 47.9 Å². The van der Waals surface area contributed by atoms with Crippen molar-refractivity contribution in [1.29, 1.82) is 0 Å². The van der Waals surface area contributed by atoms with Gasteiger partial charge in [0.05, 0.1) is 25.4 Å². The third kappa shape index (κ3) is 4.84. The number of hydrogen-bond donors (Lipinski definition) is 1. The Labute approximate surface area is 121 Å². The highest BCUT2D eigenvalue weighted by Crippen LogP contribution is 2.25. The van der Waals surface area contributed by atoms with Crippen molar-refractivity contribution in [3.63, 3.8) is 0 Å². The second-order valence-corrected chi connectivity index (χ2v) is 6.48. The van der Waals surface area contributed by atoms with Crippen LogP contribution in [0.1, 0.15) is 15.9 Å². The van der Waals surface area contributed by atoms with E-state index in [1.165, 1.54) is 12.3 Å². The first-order valence-corrected chi connectivity index (χ1v) is 8.15. The monoisotopic (exact) mass is 323 g/mol. The van der Waals surface area contributed by atoms with Crippen LogP contribution in [0.25, 0.3) is 0 Å².